The molecule has 11 aromatic rings. The highest BCUT2D eigenvalue weighted by molar-refractivity contribution is 7.17. The number of hydrogen-bond acceptors (Lipinski definition) is 2. The monoisotopic (exact) mass is 1010 g/mol. The van der Waals surface area contributed by atoms with Crippen molar-refractivity contribution in [3.8, 4) is 66.8 Å². The van der Waals surface area contributed by atoms with Crippen LogP contribution in [0.25, 0.3) is 89.0 Å². The zero-order valence-corrected chi connectivity index (χ0v) is 45.6. The average molecular weight is 1010 g/mol. The van der Waals surface area contributed by atoms with Crippen LogP contribution >= 0.6 is 11.3 Å². The summed E-state index contributed by atoms with van der Waals surface area (Å²) in [5.74, 6) is 0. The second-order valence-corrected chi connectivity index (χ2v) is 24.6. The molecule has 0 radical (unpaired) electrons. The zero-order chi connectivity index (χ0) is 52.2. The molecule has 2 heteroatoms. The molecule has 0 saturated carbocycles. The topological polar surface area (TPSA) is 3.24 Å². The van der Waals surface area contributed by atoms with Crippen LogP contribution in [-0.4, -0.2) is 0 Å². The molecule has 1 spiro atoms. The van der Waals surface area contributed by atoms with E-state index in [1.807, 2.05) is 11.3 Å². The van der Waals surface area contributed by atoms with Crippen LogP contribution in [0.2, 0.25) is 0 Å². The Morgan fingerprint density at radius 1 is 0.364 bits per heavy atom. The highest BCUT2D eigenvalue weighted by Gasteiger charge is 2.52. The molecule has 372 valence electrons. The van der Waals surface area contributed by atoms with E-state index in [0.717, 1.165) is 35.5 Å². The first kappa shape index (κ1) is 47.2. The predicted molar refractivity (Wildman–Crippen MR) is 329 cm³/mol. The molecular weight excluding hydrogens is 947 g/mol. The van der Waals surface area contributed by atoms with E-state index in [-0.39, 0.29) is 10.8 Å². The summed E-state index contributed by atoms with van der Waals surface area (Å²) in [6, 6.07) is 85.4. The van der Waals surface area contributed by atoms with E-state index in [4.69, 9.17) is 0 Å². The van der Waals surface area contributed by atoms with Gasteiger partial charge in [0.25, 0.3) is 0 Å². The van der Waals surface area contributed by atoms with Gasteiger partial charge in [0, 0.05) is 31.6 Å². The zero-order valence-electron chi connectivity index (χ0n) is 44.8. The third kappa shape index (κ3) is 7.55. The Balaban J connectivity index is 1.01. The molecule has 3 aliphatic rings. The Hall–Kier alpha value is -8.30. The standard InChI is InChI=1S/C75H61NS/c1-73(2,3)51-35-41-60-61-42-36-52(74(4,5)6)46-68(61)75(67(60)45-51)66-29-17-14-26-59(66)62-43-39-54(47-69(62)75)76(53-37-32-48(33-38-53)50-34-40-65-64-28-16-19-31-71(64)77-72(65)44-50)70-30-18-15-27-63(70)58-25-13-12-24-57(58)56-23-11-10-22-55(56)49-20-8-7-9-21-49/h7-15,17-18,20-47H,16,19H2,1-6H3. The number of thiophene rings is 1. The summed E-state index contributed by atoms with van der Waals surface area (Å²) < 4.78 is 2.76. The van der Waals surface area contributed by atoms with Gasteiger partial charge in [0.2, 0.25) is 0 Å². The second kappa shape index (κ2) is 17.9. The SMILES string of the molecule is CC(C)(C)c1ccc2c(c1)C1(c3ccccc3-c3ccc(N(c4ccc(-c5ccc6c7c(sc6c5)=CCCC=7)cc4)c4ccccc4-c4ccccc4-c4ccccc4-c4ccccc4)cc31)c1cc(C(C)(C)C)ccc1-2. The molecule has 1 aromatic heterocycles. The number of rotatable bonds is 7. The summed E-state index contributed by atoms with van der Waals surface area (Å²) in [6.07, 6.45) is 7.07. The number of fused-ring (bicyclic) bond motifs is 13. The molecule has 14 rings (SSSR count). The van der Waals surface area contributed by atoms with E-state index < -0.39 is 5.41 Å². The van der Waals surface area contributed by atoms with Crippen LogP contribution in [0.15, 0.2) is 224 Å². The van der Waals surface area contributed by atoms with Crippen LogP contribution in [0.4, 0.5) is 17.1 Å². The maximum atomic E-state index is 2.56. The molecule has 0 atom stereocenters. The molecule has 0 fully saturated rings. The predicted octanol–water partition coefficient (Wildman–Crippen LogP) is 19.3. The van der Waals surface area contributed by atoms with E-state index in [9.17, 15) is 0 Å². The molecule has 0 saturated heterocycles. The normalized spacial score (nSPS) is 13.8. The Morgan fingerprint density at radius 3 is 1.52 bits per heavy atom. The van der Waals surface area contributed by atoms with E-state index in [0.29, 0.717) is 0 Å². The van der Waals surface area contributed by atoms with Gasteiger partial charge in [-0.3, -0.25) is 0 Å². The van der Waals surface area contributed by atoms with E-state index in [1.54, 1.807) is 0 Å². The van der Waals surface area contributed by atoms with Gasteiger partial charge in [-0.1, -0.05) is 242 Å². The summed E-state index contributed by atoms with van der Waals surface area (Å²) in [6.45, 7) is 14.1. The number of benzene rings is 10. The molecule has 0 N–H and O–H groups in total. The van der Waals surface area contributed by atoms with Crippen LogP contribution in [-0.2, 0) is 16.2 Å². The maximum absolute atomic E-state index is 2.56. The fourth-order valence-corrected chi connectivity index (χ4v) is 14.2. The Morgan fingerprint density at radius 2 is 0.857 bits per heavy atom. The van der Waals surface area contributed by atoms with Crippen molar-refractivity contribution < 1.29 is 0 Å². The third-order valence-corrected chi connectivity index (χ3v) is 18.0. The quantitative estimate of drug-likeness (QED) is 0.154. The van der Waals surface area contributed by atoms with Crippen molar-refractivity contribution in [2.75, 3.05) is 4.90 Å². The number of para-hydroxylation sites is 1. The van der Waals surface area contributed by atoms with E-state index >= 15 is 0 Å². The van der Waals surface area contributed by atoms with Crippen LogP contribution in [0.5, 0.6) is 0 Å². The molecule has 1 nitrogen and oxygen atoms in total. The lowest BCUT2D eigenvalue weighted by molar-refractivity contribution is 0.586. The summed E-state index contributed by atoms with van der Waals surface area (Å²) in [7, 11) is 0. The minimum Gasteiger partial charge on any atom is -0.310 e. The van der Waals surface area contributed by atoms with Crippen molar-refractivity contribution in [1.82, 2.24) is 0 Å². The number of anilines is 3. The number of hydrogen-bond donors (Lipinski definition) is 0. The van der Waals surface area contributed by atoms with Gasteiger partial charge in [0.05, 0.1) is 11.1 Å². The van der Waals surface area contributed by atoms with Gasteiger partial charge in [-0.05, 0) is 160 Å². The highest BCUT2D eigenvalue weighted by atomic mass is 32.1. The van der Waals surface area contributed by atoms with Gasteiger partial charge in [0.1, 0.15) is 0 Å². The van der Waals surface area contributed by atoms with Crippen molar-refractivity contribution in [2.24, 2.45) is 0 Å². The van der Waals surface area contributed by atoms with Gasteiger partial charge >= 0.3 is 0 Å². The van der Waals surface area contributed by atoms with Crippen LogP contribution < -0.4 is 14.7 Å². The summed E-state index contributed by atoms with van der Waals surface area (Å²) in [5, 5.41) is 2.77. The summed E-state index contributed by atoms with van der Waals surface area (Å²) in [5.41, 5.74) is 25.7. The van der Waals surface area contributed by atoms with Crippen LogP contribution in [0.1, 0.15) is 87.8 Å². The van der Waals surface area contributed by atoms with Crippen molar-refractivity contribution in [1.29, 1.82) is 0 Å². The lowest BCUT2D eigenvalue weighted by atomic mass is 9.68. The Bertz CT molecular complexity index is 4230. The number of nitrogens with zero attached hydrogens (tertiary/aromatic N) is 1. The van der Waals surface area contributed by atoms with Gasteiger partial charge in [-0.15, -0.1) is 11.3 Å². The molecule has 0 unspecified atom stereocenters. The third-order valence-electron chi connectivity index (χ3n) is 16.9. The minimum absolute atomic E-state index is 0.0406. The fourth-order valence-electron chi connectivity index (χ4n) is 13.0. The molecule has 1 heterocycles. The first-order valence-corrected chi connectivity index (χ1v) is 28.3. The summed E-state index contributed by atoms with van der Waals surface area (Å²) >= 11 is 1.92. The molecule has 10 aromatic carbocycles. The van der Waals surface area contributed by atoms with E-state index in [1.165, 1.54) is 114 Å². The van der Waals surface area contributed by atoms with Gasteiger partial charge in [-0.25, -0.2) is 0 Å². The Kier molecular flexibility index (Phi) is 11.0. The average Bonchev–Trinajstić information content (AvgIpc) is 4.13. The van der Waals surface area contributed by atoms with E-state index in [2.05, 4.69) is 283 Å². The summed E-state index contributed by atoms with van der Waals surface area (Å²) in [4.78, 5) is 2.53. The first-order chi connectivity index (χ1) is 37.4. The molecule has 77 heavy (non-hydrogen) atoms. The molecule has 0 bridgehead atoms. The maximum Gasteiger partial charge on any atom is 0.0726 e. The van der Waals surface area contributed by atoms with Gasteiger partial charge < -0.3 is 4.90 Å². The Labute approximate surface area is 457 Å². The van der Waals surface area contributed by atoms with Crippen molar-refractivity contribution in [3.05, 3.63) is 268 Å². The van der Waals surface area contributed by atoms with Gasteiger partial charge in [-0.2, -0.15) is 0 Å². The molecular formula is C75H61NS. The van der Waals surface area contributed by atoms with Crippen molar-refractivity contribution >= 4 is 50.6 Å². The van der Waals surface area contributed by atoms with Crippen molar-refractivity contribution in [2.45, 2.75) is 70.6 Å². The highest BCUT2D eigenvalue weighted by Crippen LogP contribution is 2.64. The fraction of sp³-hybridized carbons (Fsp3) is 0.147. The lowest BCUT2D eigenvalue weighted by Crippen LogP contribution is -2.27. The minimum atomic E-state index is -0.549. The van der Waals surface area contributed by atoms with Gasteiger partial charge in [0.15, 0.2) is 0 Å². The molecule has 3 aliphatic carbocycles. The largest absolute Gasteiger partial charge is 0.310 e. The smallest absolute Gasteiger partial charge is 0.0726 e. The van der Waals surface area contributed by atoms with Crippen molar-refractivity contribution in [3.63, 3.8) is 0 Å². The molecule has 0 aliphatic heterocycles. The first-order valence-electron chi connectivity index (χ1n) is 27.5. The van der Waals surface area contributed by atoms with Crippen LogP contribution in [0.3, 0.4) is 0 Å². The molecule has 0 amide bonds. The second-order valence-electron chi connectivity index (χ2n) is 23.5. The lowest BCUT2D eigenvalue weighted by Gasteiger charge is -2.34. The van der Waals surface area contributed by atoms with Crippen LogP contribution in [0, 0.1) is 0 Å².